The maximum absolute atomic E-state index is 13.9. The van der Waals surface area contributed by atoms with Gasteiger partial charge in [0.05, 0.1) is 6.42 Å². The Morgan fingerprint density at radius 2 is 1.97 bits per heavy atom. The van der Waals surface area contributed by atoms with Gasteiger partial charge in [0.15, 0.2) is 0 Å². The number of carboxylic acids is 1. The number of nitrogens with two attached hydrogens (primary N) is 1. The molecule has 2 fully saturated rings. The minimum absolute atomic E-state index is 0.0312. The average Bonchev–Trinajstić information content (AvgIpc) is 3.44. The van der Waals surface area contributed by atoms with Crippen molar-refractivity contribution in [1.29, 1.82) is 0 Å². The summed E-state index contributed by atoms with van der Waals surface area (Å²) in [7, 11) is 0. The molecular formula is C25H27Cl2N3O3. The number of benzene rings is 2. The summed E-state index contributed by atoms with van der Waals surface area (Å²) >= 11 is 12.6. The second-order valence-corrected chi connectivity index (χ2v) is 10.5. The maximum Gasteiger partial charge on any atom is 0.304 e. The van der Waals surface area contributed by atoms with Crippen LogP contribution in [0.3, 0.4) is 0 Å². The van der Waals surface area contributed by atoms with Gasteiger partial charge in [-0.25, -0.2) is 0 Å². The van der Waals surface area contributed by atoms with Crippen LogP contribution in [-0.2, 0) is 15.1 Å². The largest absolute Gasteiger partial charge is 0.481 e. The second kappa shape index (κ2) is 8.58. The van der Waals surface area contributed by atoms with Crippen molar-refractivity contribution in [2.45, 2.75) is 55.6 Å². The number of halogens is 2. The van der Waals surface area contributed by atoms with Crippen molar-refractivity contribution in [3.05, 3.63) is 63.6 Å². The lowest BCUT2D eigenvalue weighted by atomic mass is 9.75. The SMILES string of the molecule is NC(CC(=O)O)C[C@H]1CC(c2cccc(Cl)c2)[C@]2(C(=O)Nc3cc(Cl)ccc32)N1CC1CC1. The molecule has 174 valence electrons. The number of aliphatic carboxylic acids is 1. The zero-order valence-corrected chi connectivity index (χ0v) is 19.6. The molecule has 1 spiro atoms. The van der Waals surface area contributed by atoms with E-state index in [4.69, 9.17) is 28.9 Å². The van der Waals surface area contributed by atoms with Crippen molar-refractivity contribution in [2.24, 2.45) is 11.7 Å². The molecule has 33 heavy (non-hydrogen) atoms. The molecule has 3 aliphatic rings. The smallest absolute Gasteiger partial charge is 0.304 e. The molecule has 0 aromatic heterocycles. The first-order valence-electron chi connectivity index (χ1n) is 11.4. The second-order valence-electron chi connectivity index (χ2n) is 9.60. The number of carbonyl (C=O) groups excluding carboxylic acids is 1. The Bertz CT molecular complexity index is 1110. The number of anilines is 1. The van der Waals surface area contributed by atoms with Gasteiger partial charge in [0.2, 0.25) is 5.91 Å². The van der Waals surface area contributed by atoms with Crippen molar-refractivity contribution in [3.8, 4) is 0 Å². The lowest BCUT2D eigenvalue weighted by molar-refractivity contribution is -0.137. The third-order valence-electron chi connectivity index (χ3n) is 7.31. The van der Waals surface area contributed by atoms with Crippen LogP contribution in [0.15, 0.2) is 42.5 Å². The van der Waals surface area contributed by atoms with Crippen molar-refractivity contribution < 1.29 is 14.7 Å². The Morgan fingerprint density at radius 1 is 1.21 bits per heavy atom. The molecule has 2 unspecified atom stereocenters. The first kappa shape index (κ1) is 22.7. The van der Waals surface area contributed by atoms with Gasteiger partial charge in [-0.3, -0.25) is 14.5 Å². The highest BCUT2D eigenvalue weighted by atomic mass is 35.5. The van der Waals surface area contributed by atoms with Crippen LogP contribution in [-0.4, -0.2) is 40.5 Å². The van der Waals surface area contributed by atoms with Gasteiger partial charge in [-0.15, -0.1) is 0 Å². The normalized spacial score (nSPS) is 27.5. The lowest BCUT2D eigenvalue weighted by Crippen LogP contribution is -2.53. The molecule has 8 heteroatoms. The summed E-state index contributed by atoms with van der Waals surface area (Å²) in [5.41, 5.74) is 7.99. The first-order chi connectivity index (χ1) is 15.8. The molecule has 2 aromatic carbocycles. The van der Waals surface area contributed by atoms with Crippen LogP contribution >= 0.6 is 23.2 Å². The summed E-state index contributed by atoms with van der Waals surface area (Å²) in [6.07, 6.45) is 3.37. The minimum atomic E-state index is -0.916. The molecule has 2 aliphatic heterocycles. The fourth-order valence-electron chi connectivity index (χ4n) is 5.83. The Morgan fingerprint density at radius 3 is 2.67 bits per heavy atom. The van der Waals surface area contributed by atoms with Crippen LogP contribution in [0.2, 0.25) is 10.0 Å². The Kier molecular flexibility index (Phi) is 5.90. The number of nitrogens with zero attached hydrogens (tertiary/aromatic N) is 1. The van der Waals surface area contributed by atoms with E-state index >= 15 is 0 Å². The standard InChI is InChI=1S/C25H27Cl2N3O3/c26-16-3-1-2-15(8-16)21-12-19(10-18(28)11-23(31)32)30(13-14-4-5-14)25(21)20-7-6-17(27)9-22(20)29-24(25)33/h1-3,6-9,14,18-19,21H,4-5,10-13,28H2,(H,29,33)(H,31,32)/t18?,19-,21?,25+/m0/s1. The summed E-state index contributed by atoms with van der Waals surface area (Å²) < 4.78 is 0. The number of fused-ring (bicyclic) bond motifs is 2. The molecule has 2 heterocycles. The predicted octanol–water partition coefficient (Wildman–Crippen LogP) is 4.60. The van der Waals surface area contributed by atoms with Crippen molar-refractivity contribution in [3.63, 3.8) is 0 Å². The Balaban J connectivity index is 1.65. The molecule has 1 aliphatic carbocycles. The third kappa shape index (κ3) is 4.03. The topological polar surface area (TPSA) is 95.7 Å². The van der Waals surface area contributed by atoms with Gasteiger partial charge in [0.1, 0.15) is 5.54 Å². The summed E-state index contributed by atoms with van der Waals surface area (Å²) in [6.45, 7) is 0.775. The Hall–Kier alpha value is -2.12. The first-order valence-corrected chi connectivity index (χ1v) is 12.2. The highest BCUT2D eigenvalue weighted by molar-refractivity contribution is 6.31. The summed E-state index contributed by atoms with van der Waals surface area (Å²) in [4.78, 5) is 27.5. The van der Waals surface area contributed by atoms with E-state index in [1.807, 2.05) is 36.4 Å². The van der Waals surface area contributed by atoms with E-state index in [1.54, 1.807) is 6.07 Å². The number of amides is 1. The van der Waals surface area contributed by atoms with Crippen LogP contribution in [0, 0.1) is 5.92 Å². The molecule has 5 rings (SSSR count). The van der Waals surface area contributed by atoms with Crippen LogP contribution < -0.4 is 11.1 Å². The number of nitrogens with one attached hydrogen (secondary N) is 1. The fourth-order valence-corrected chi connectivity index (χ4v) is 6.20. The number of hydrogen-bond acceptors (Lipinski definition) is 4. The van der Waals surface area contributed by atoms with Crippen molar-refractivity contribution in [2.75, 3.05) is 11.9 Å². The fraction of sp³-hybridized carbons (Fsp3) is 0.440. The van der Waals surface area contributed by atoms with Gasteiger partial charge in [0, 0.05) is 45.8 Å². The highest BCUT2D eigenvalue weighted by Crippen LogP contribution is 2.58. The lowest BCUT2D eigenvalue weighted by Gasteiger charge is -2.40. The molecule has 4 atom stereocenters. The summed E-state index contributed by atoms with van der Waals surface area (Å²) in [5.74, 6) is -0.602. The summed E-state index contributed by atoms with van der Waals surface area (Å²) in [6, 6.07) is 12.8. The molecule has 0 bridgehead atoms. The number of likely N-dealkylation sites (tertiary alicyclic amines) is 1. The molecule has 0 radical (unpaired) electrons. The summed E-state index contributed by atoms with van der Waals surface area (Å²) in [5, 5.41) is 13.5. The van der Waals surface area contributed by atoms with Crippen LogP contribution in [0.25, 0.3) is 0 Å². The van der Waals surface area contributed by atoms with E-state index in [1.165, 1.54) is 0 Å². The highest BCUT2D eigenvalue weighted by Gasteiger charge is 2.63. The molecular weight excluding hydrogens is 461 g/mol. The predicted molar refractivity (Wildman–Crippen MR) is 129 cm³/mol. The van der Waals surface area contributed by atoms with Gasteiger partial charge in [-0.2, -0.15) is 0 Å². The zero-order valence-electron chi connectivity index (χ0n) is 18.1. The van der Waals surface area contributed by atoms with E-state index in [0.717, 1.165) is 36.2 Å². The maximum atomic E-state index is 13.9. The number of hydrogen-bond donors (Lipinski definition) is 3. The minimum Gasteiger partial charge on any atom is -0.481 e. The van der Waals surface area contributed by atoms with E-state index in [9.17, 15) is 14.7 Å². The number of carbonyl (C=O) groups is 2. The van der Waals surface area contributed by atoms with Gasteiger partial charge in [-0.05, 0) is 61.4 Å². The zero-order chi connectivity index (χ0) is 23.3. The van der Waals surface area contributed by atoms with Crippen LogP contribution in [0.1, 0.15) is 49.1 Å². The van der Waals surface area contributed by atoms with Gasteiger partial charge >= 0.3 is 5.97 Å². The molecule has 1 amide bonds. The van der Waals surface area contributed by atoms with Crippen LogP contribution in [0.4, 0.5) is 5.69 Å². The number of carboxylic acid groups (broad SMARTS) is 1. The van der Waals surface area contributed by atoms with Crippen molar-refractivity contribution >= 4 is 40.8 Å². The van der Waals surface area contributed by atoms with E-state index in [0.29, 0.717) is 28.8 Å². The van der Waals surface area contributed by atoms with E-state index < -0.39 is 17.6 Å². The van der Waals surface area contributed by atoms with Gasteiger partial charge in [-0.1, -0.05) is 41.4 Å². The van der Waals surface area contributed by atoms with Gasteiger partial charge in [0.25, 0.3) is 0 Å². The molecule has 2 aromatic rings. The third-order valence-corrected chi connectivity index (χ3v) is 7.78. The monoisotopic (exact) mass is 487 g/mol. The Labute approximate surface area is 203 Å². The van der Waals surface area contributed by atoms with E-state index in [2.05, 4.69) is 10.2 Å². The van der Waals surface area contributed by atoms with Gasteiger partial charge < -0.3 is 16.2 Å². The molecule has 4 N–H and O–H groups in total. The quantitative estimate of drug-likeness (QED) is 0.530. The van der Waals surface area contributed by atoms with Crippen LogP contribution in [0.5, 0.6) is 0 Å². The molecule has 1 saturated carbocycles. The van der Waals surface area contributed by atoms with E-state index in [-0.39, 0.29) is 24.3 Å². The molecule has 6 nitrogen and oxygen atoms in total. The molecule has 1 saturated heterocycles. The number of rotatable bonds is 7. The van der Waals surface area contributed by atoms with Crippen molar-refractivity contribution in [1.82, 2.24) is 4.90 Å². The average molecular weight is 488 g/mol.